The van der Waals surface area contributed by atoms with Crippen molar-refractivity contribution in [2.24, 2.45) is 0 Å². The largest absolute Gasteiger partial charge is 0.227 e. The molecule has 0 amide bonds. The van der Waals surface area contributed by atoms with Crippen molar-refractivity contribution in [1.82, 2.24) is 0 Å². The van der Waals surface area contributed by atoms with E-state index in [1.54, 1.807) is 12.1 Å². The molecule has 56 valence electrons. The second-order valence-electron chi connectivity index (χ2n) is 1.95. The first-order valence-electron chi connectivity index (χ1n) is 2.95. The molecule has 1 rings (SSSR count). The molecule has 1 aromatic carbocycles. The van der Waals surface area contributed by atoms with Gasteiger partial charge in [-0.05, 0) is 24.3 Å². The molecule has 0 saturated carbocycles. The van der Waals surface area contributed by atoms with Crippen molar-refractivity contribution >= 4 is 10.7 Å². The highest BCUT2D eigenvalue weighted by Gasteiger charge is 1.92. The van der Waals surface area contributed by atoms with E-state index in [2.05, 4.69) is 5.92 Å². The van der Waals surface area contributed by atoms with Crippen molar-refractivity contribution in [3.8, 4) is 12.3 Å². The van der Waals surface area contributed by atoms with Crippen molar-refractivity contribution in [1.29, 1.82) is 0 Å². The highest BCUT2D eigenvalue weighted by atomic mass is 32.2. The molecule has 0 bridgehead atoms. The van der Waals surface area contributed by atoms with Crippen molar-refractivity contribution in [3.63, 3.8) is 0 Å². The van der Waals surface area contributed by atoms with Crippen molar-refractivity contribution in [2.75, 3.05) is 0 Å². The SMILES string of the molecule is C#Cc1ccc([SH](=O)=O)cc1. The van der Waals surface area contributed by atoms with Crippen LogP contribution in [0.4, 0.5) is 0 Å². The molecule has 0 heterocycles. The van der Waals surface area contributed by atoms with Crippen LogP contribution in [0.25, 0.3) is 0 Å². The van der Waals surface area contributed by atoms with Crippen LogP contribution in [-0.2, 0) is 10.7 Å². The molecule has 0 aliphatic rings. The number of benzene rings is 1. The molecule has 0 aromatic heterocycles. The maximum Gasteiger partial charge on any atom is 0.168 e. The van der Waals surface area contributed by atoms with Gasteiger partial charge >= 0.3 is 0 Å². The lowest BCUT2D eigenvalue weighted by Crippen LogP contribution is -1.79. The van der Waals surface area contributed by atoms with Crippen molar-refractivity contribution in [2.45, 2.75) is 4.90 Å². The highest BCUT2D eigenvalue weighted by molar-refractivity contribution is 7.72. The first-order chi connectivity index (χ1) is 5.24. The van der Waals surface area contributed by atoms with Crippen LogP contribution < -0.4 is 0 Å². The van der Waals surface area contributed by atoms with Crippen molar-refractivity contribution in [3.05, 3.63) is 29.8 Å². The quantitative estimate of drug-likeness (QED) is 0.490. The Kier molecular flexibility index (Phi) is 2.29. The van der Waals surface area contributed by atoms with Gasteiger partial charge in [0, 0.05) is 5.56 Å². The fourth-order valence-corrected chi connectivity index (χ4v) is 1.07. The summed E-state index contributed by atoms with van der Waals surface area (Å²) in [5.74, 6) is 2.40. The van der Waals surface area contributed by atoms with Gasteiger partial charge in [-0.1, -0.05) is 5.92 Å². The molecule has 0 atom stereocenters. The molecule has 3 heteroatoms. The van der Waals surface area contributed by atoms with Crippen LogP contribution in [0.15, 0.2) is 29.2 Å². The number of terminal acetylenes is 1. The van der Waals surface area contributed by atoms with Crippen LogP contribution >= 0.6 is 0 Å². The minimum absolute atomic E-state index is 0.291. The molecule has 1 aromatic rings. The van der Waals surface area contributed by atoms with E-state index in [0.29, 0.717) is 10.5 Å². The van der Waals surface area contributed by atoms with E-state index >= 15 is 0 Å². The minimum atomic E-state index is -2.48. The molecule has 0 unspecified atom stereocenters. The summed E-state index contributed by atoms with van der Waals surface area (Å²) in [4.78, 5) is 0.291. The van der Waals surface area contributed by atoms with E-state index in [0.717, 1.165) is 0 Å². The highest BCUT2D eigenvalue weighted by Crippen LogP contribution is 2.03. The van der Waals surface area contributed by atoms with Crippen LogP contribution in [0.5, 0.6) is 0 Å². The Labute approximate surface area is 66.8 Å². The lowest BCUT2D eigenvalue weighted by atomic mass is 10.2. The Balaban J connectivity index is 3.13. The first kappa shape index (κ1) is 7.83. The lowest BCUT2D eigenvalue weighted by Gasteiger charge is -1.89. The summed E-state index contributed by atoms with van der Waals surface area (Å²) in [7, 11) is -2.48. The molecular weight excluding hydrogens is 160 g/mol. The minimum Gasteiger partial charge on any atom is -0.227 e. The van der Waals surface area contributed by atoms with Gasteiger partial charge in [0.1, 0.15) is 0 Å². The smallest absolute Gasteiger partial charge is 0.168 e. The molecule has 0 aliphatic heterocycles. The summed E-state index contributed by atoms with van der Waals surface area (Å²) in [5.41, 5.74) is 0.686. The summed E-state index contributed by atoms with van der Waals surface area (Å²) in [6, 6.07) is 6.17. The average Bonchev–Trinajstić information content (AvgIpc) is 2.05. The molecule has 0 fully saturated rings. The average molecular weight is 166 g/mol. The van der Waals surface area contributed by atoms with E-state index in [1.807, 2.05) is 0 Å². The third-order valence-electron chi connectivity index (χ3n) is 1.24. The molecule has 0 aliphatic carbocycles. The molecule has 0 radical (unpaired) electrons. The summed E-state index contributed by atoms with van der Waals surface area (Å²) in [6.07, 6.45) is 5.08. The van der Waals surface area contributed by atoms with E-state index in [-0.39, 0.29) is 0 Å². The van der Waals surface area contributed by atoms with E-state index in [4.69, 9.17) is 6.42 Å². The van der Waals surface area contributed by atoms with Gasteiger partial charge in [-0.3, -0.25) is 0 Å². The number of hydrogen-bond acceptors (Lipinski definition) is 2. The fraction of sp³-hybridized carbons (Fsp3) is 0. The van der Waals surface area contributed by atoms with Crippen LogP contribution in [0.2, 0.25) is 0 Å². The van der Waals surface area contributed by atoms with Gasteiger partial charge in [0.15, 0.2) is 10.7 Å². The van der Waals surface area contributed by atoms with Gasteiger partial charge in [-0.15, -0.1) is 6.42 Å². The van der Waals surface area contributed by atoms with E-state index < -0.39 is 10.7 Å². The monoisotopic (exact) mass is 166 g/mol. The Hall–Kier alpha value is -1.27. The van der Waals surface area contributed by atoms with E-state index in [1.165, 1.54) is 12.1 Å². The van der Waals surface area contributed by atoms with E-state index in [9.17, 15) is 8.42 Å². The Morgan fingerprint density at radius 1 is 1.18 bits per heavy atom. The predicted octanol–water partition coefficient (Wildman–Crippen LogP) is 0.638. The summed E-state index contributed by atoms with van der Waals surface area (Å²) < 4.78 is 20.8. The molecule has 11 heavy (non-hydrogen) atoms. The first-order valence-corrected chi connectivity index (χ1v) is 4.13. The Bertz CT molecular complexity index is 347. The fourth-order valence-electron chi connectivity index (χ4n) is 0.679. The number of hydrogen-bond donors (Lipinski definition) is 1. The number of thiol groups is 1. The van der Waals surface area contributed by atoms with Gasteiger partial charge < -0.3 is 0 Å². The molecule has 2 nitrogen and oxygen atoms in total. The maximum atomic E-state index is 10.4. The van der Waals surface area contributed by atoms with Crippen LogP contribution in [-0.4, -0.2) is 8.42 Å². The van der Waals surface area contributed by atoms with Gasteiger partial charge in [0.2, 0.25) is 0 Å². The van der Waals surface area contributed by atoms with Crippen LogP contribution in [0.3, 0.4) is 0 Å². The third-order valence-corrected chi connectivity index (χ3v) is 1.96. The zero-order valence-corrected chi connectivity index (χ0v) is 6.54. The van der Waals surface area contributed by atoms with Gasteiger partial charge in [-0.25, -0.2) is 8.42 Å². The molecule has 0 spiro atoms. The number of rotatable bonds is 1. The standard InChI is InChI=1S/C8H6O2S/c1-2-7-3-5-8(6-4-7)11(9)10/h1,3-6,11H. The van der Waals surface area contributed by atoms with Gasteiger partial charge in [0.25, 0.3) is 0 Å². The Morgan fingerprint density at radius 2 is 1.73 bits per heavy atom. The summed E-state index contributed by atoms with van der Waals surface area (Å²) in [5, 5.41) is 0. The molecule has 0 saturated heterocycles. The topological polar surface area (TPSA) is 34.1 Å². The van der Waals surface area contributed by atoms with Gasteiger partial charge in [-0.2, -0.15) is 0 Å². The lowest BCUT2D eigenvalue weighted by molar-refractivity contribution is 0.614. The second-order valence-corrected chi connectivity index (χ2v) is 2.98. The Morgan fingerprint density at radius 3 is 2.09 bits per heavy atom. The maximum absolute atomic E-state index is 10.4. The zero-order valence-electron chi connectivity index (χ0n) is 5.65. The predicted molar refractivity (Wildman–Crippen MR) is 43.0 cm³/mol. The summed E-state index contributed by atoms with van der Waals surface area (Å²) >= 11 is 0. The van der Waals surface area contributed by atoms with Gasteiger partial charge in [0.05, 0.1) is 4.90 Å². The zero-order chi connectivity index (χ0) is 8.27. The van der Waals surface area contributed by atoms with Crippen LogP contribution in [0, 0.1) is 12.3 Å². The molecular formula is C8H6O2S. The molecule has 0 N–H and O–H groups in total. The van der Waals surface area contributed by atoms with Crippen molar-refractivity contribution < 1.29 is 8.42 Å². The third kappa shape index (κ3) is 1.82. The van der Waals surface area contributed by atoms with Crippen LogP contribution in [0.1, 0.15) is 5.56 Å². The second kappa shape index (κ2) is 3.22. The summed E-state index contributed by atoms with van der Waals surface area (Å²) in [6.45, 7) is 0. The normalized spacial score (nSPS) is 9.45.